The van der Waals surface area contributed by atoms with Crippen molar-refractivity contribution in [3.8, 4) is 0 Å². The minimum absolute atomic E-state index is 0.197. The van der Waals surface area contributed by atoms with E-state index in [2.05, 4.69) is 18.3 Å². The fraction of sp³-hybridized carbons (Fsp3) is 0.529. The number of hydrogen-bond acceptors (Lipinski definition) is 1. The quantitative estimate of drug-likeness (QED) is 0.737. The third-order valence-corrected chi connectivity index (χ3v) is 4.24. The summed E-state index contributed by atoms with van der Waals surface area (Å²) >= 11 is 6.16. The summed E-state index contributed by atoms with van der Waals surface area (Å²) in [6, 6.07) is 5.14. The number of rotatable bonds is 6. The van der Waals surface area contributed by atoms with Crippen molar-refractivity contribution in [2.24, 2.45) is 0 Å². The molecule has 1 aromatic carbocycles. The zero-order valence-corrected chi connectivity index (χ0v) is 12.8. The third kappa shape index (κ3) is 4.07. The van der Waals surface area contributed by atoms with Gasteiger partial charge < -0.3 is 5.32 Å². The molecule has 0 fully saturated rings. The number of nitrogens with one attached hydrogen (secondary N) is 1. The molecule has 1 aliphatic carbocycles. The number of halogens is 2. The summed E-state index contributed by atoms with van der Waals surface area (Å²) in [5.41, 5.74) is 2.05. The van der Waals surface area contributed by atoms with E-state index in [0.717, 1.165) is 25.8 Å². The van der Waals surface area contributed by atoms with Gasteiger partial charge in [-0.3, -0.25) is 0 Å². The molecule has 0 aliphatic heterocycles. The van der Waals surface area contributed by atoms with E-state index in [-0.39, 0.29) is 11.9 Å². The standard InChI is InChI=1S/C17H23ClFN/c1-2-11-20-17(13-7-4-3-5-8-13)12-14-15(18)9-6-10-16(14)19/h6-7,9-10,17,20H,2-5,8,11-12H2,1H3. The Morgan fingerprint density at radius 1 is 1.35 bits per heavy atom. The van der Waals surface area contributed by atoms with E-state index in [0.29, 0.717) is 17.0 Å². The van der Waals surface area contributed by atoms with Gasteiger partial charge >= 0.3 is 0 Å². The van der Waals surface area contributed by atoms with Gasteiger partial charge in [-0.25, -0.2) is 4.39 Å². The Kier molecular flexibility index (Phi) is 6.06. The molecule has 0 aromatic heterocycles. The average molecular weight is 296 g/mol. The second-order valence-corrected chi connectivity index (χ2v) is 5.84. The molecule has 1 N–H and O–H groups in total. The van der Waals surface area contributed by atoms with E-state index in [1.807, 2.05) is 0 Å². The van der Waals surface area contributed by atoms with Crippen molar-refractivity contribution in [2.75, 3.05) is 6.54 Å². The lowest BCUT2D eigenvalue weighted by Crippen LogP contribution is -2.34. The van der Waals surface area contributed by atoms with Crippen molar-refractivity contribution in [1.82, 2.24) is 5.32 Å². The highest BCUT2D eigenvalue weighted by Crippen LogP contribution is 2.26. The number of hydrogen-bond donors (Lipinski definition) is 1. The molecular formula is C17H23ClFN. The van der Waals surface area contributed by atoms with E-state index >= 15 is 0 Å². The molecule has 0 radical (unpaired) electrons. The van der Waals surface area contributed by atoms with Crippen molar-refractivity contribution in [3.63, 3.8) is 0 Å². The van der Waals surface area contributed by atoms with Crippen LogP contribution in [0.3, 0.4) is 0 Å². The van der Waals surface area contributed by atoms with Crippen LogP contribution in [0.25, 0.3) is 0 Å². The molecule has 2 rings (SSSR count). The lowest BCUT2D eigenvalue weighted by Gasteiger charge is -2.25. The van der Waals surface area contributed by atoms with Gasteiger partial charge in [0.05, 0.1) is 0 Å². The molecule has 0 bridgehead atoms. The Balaban J connectivity index is 2.16. The van der Waals surface area contributed by atoms with Crippen LogP contribution in [0.1, 0.15) is 44.6 Å². The highest BCUT2D eigenvalue weighted by atomic mass is 35.5. The largest absolute Gasteiger partial charge is 0.310 e. The normalized spacial score (nSPS) is 16.9. The predicted octanol–water partition coefficient (Wildman–Crippen LogP) is 4.89. The van der Waals surface area contributed by atoms with E-state index < -0.39 is 0 Å². The molecule has 0 saturated carbocycles. The van der Waals surface area contributed by atoms with Crippen molar-refractivity contribution in [1.29, 1.82) is 0 Å². The van der Waals surface area contributed by atoms with Crippen LogP contribution >= 0.6 is 11.6 Å². The molecule has 1 aliphatic rings. The van der Waals surface area contributed by atoms with Gasteiger partial charge in [-0.2, -0.15) is 0 Å². The zero-order valence-electron chi connectivity index (χ0n) is 12.1. The van der Waals surface area contributed by atoms with Crippen molar-refractivity contribution in [2.45, 2.75) is 51.5 Å². The lowest BCUT2D eigenvalue weighted by atomic mass is 9.90. The molecule has 0 spiro atoms. The van der Waals surface area contributed by atoms with E-state index in [1.54, 1.807) is 12.1 Å². The van der Waals surface area contributed by atoms with Crippen LogP contribution in [0.4, 0.5) is 4.39 Å². The van der Waals surface area contributed by atoms with Crippen molar-refractivity contribution >= 4 is 11.6 Å². The molecule has 0 saturated heterocycles. The summed E-state index contributed by atoms with van der Waals surface area (Å²) in [5, 5.41) is 4.08. The van der Waals surface area contributed by atoms with Gasteiger partial charge in [0.25, 0.3) is 0 Å². The summed E-state index contributed by atoms with van der Waals surface area (Å²) in [7, 11) is 0. The Morgan fingerprint density at radius 2 is 2.20 bits per heavy atom. The molecule has 1 nitrogen and oxygen atoms in total. The average Bonchev–Trinajstić information content (AvgIpc) is 2.47. The van der Waals surface area contributed by atoms with E-state index in [1.165, 1.54) is 24.5 Å². The van der Waals surface area contributed by atoms with E-state index in [4.69, 9.17) is 11.6 Å². The first-order valence-corrected chi connectivity index (χ1v) is 7.95. The second kappa shape index (κ2) is 7.80. The van der Waals surface area contributed by atoms with Gasteiger partial charge in [-0.15, -0.1) is 0 Å². The van der Waals surface area contributed by atoms with Crippen LogP contribution in [0.5, 0.6) is 0 Å². The maximum absolute atomic E-state index is 14.0. The van der Waals surface area contributed by atoms with Crippen molar-refractivity contribution in [3.05, 3.63) is 46.3 Å². The molecule has 0 amide bonds. The summed E-state index contributed by atoms with van der Waals surface area (Å²) < 4.78 is 14.0. The Labute approximate surface area is 126 Å². The monoisotopic (exact) mass is 295 g/mol. The maximum Gasteiger partial charge on any atom is 0.127 e. The molecule has 1 unspecified atom stereocenters. The van der Waals surface area contributed by atoms with Crippen LogP contribution in [0, 0.1) is 5.82 Å². The van der Waals surface area contributed by atoms with Gasteiger partial charge in [-0.05, 0) is 57.2 Å². The maximum atomic E-state index is 14.0. The number of benzene rings is 1. The van der Waals surface area contributed by atoms with Gasteiger partial charge in [0, 0.05) is 16.6 Å². The molecule has 3 heteroatoms. The molecule has 0 heterocycles. The molecule has 20 heavy (non-hydrogen) atoms. The van der Waals surface area contributed by atoms with Gasteiger partial charge in [-0.1, -0.05) is 36.2 Å². The first-order chi connectivity index (χ1) is 9.72. The van der Waals surface area contributed by atoms with Crippen LogP contribution in [-0.2, 0) is 6.42 Å². The summed E-state index contributed by atoms with van der Waals surface area (Å²) in [5.74, 6) is -0.197. The van der Waals surface area contributed by atoms with Crippen LogP contribution in [-0.4, -0.2) is 12.6 Å². The lowest BCUT2D eigenvalue weighted by molar-refractivity contribution is 0.513. The fourth-order valence-electron chi connectivity index (χ4n) is 2.76. The predicted molar refractivity (Wildman–Crippen MR) is 83.7 cm³/mol. The van der Waals surface area contributed by atoms with Gasteiger partial charge in [0.1, 0.15) is 5.82 Å². The highest BCUT2D eigenvalue weighted by molar-refractivity contribution is 6.31. The second-order valence-electron chi connectivity index (χ2n) is 5.44. The molecule has 1 aromatic rings. The molecular weight excluding hydrogens is 273 g/mol. The van der Waals surface area contributed by atoms with Crippen LogP contribution in [0.2, 0.25) is 5.02 Å². The van der Waals surface area contributed by atoms with Crippen LogP contribution < -0.4 is 5.32 Å². The topological polar surface area (TPSA) is 12.0 Å². The summed E-state index contributed by atoms with van der Waals surface area (Å²) in [6.07, 6.45) is 8.81. The first-order valence-electron chi connectivity index (χ1n) is 7.57. The Bertz CT molecular complexity index is 450. The third-order valence-electron chi connectivity index (χ3n) is 3.88. The summed E-state index contributed by atoms with van der Waals surface area (Å²) in [6.45, 7) is 3.10. The Hall–Kier alpha value is -0.860. The highest BCUT2D eigenvalue weighted by Gasteiger charge is 2.19. The van der Waals surface area contributed by atoms with Crippen molar-refractivity contribution < 1.29 is 4.39 Å². The first kappa shape index (κ1) is 15.5. The van der Waals surface area contributed by atoms with Gasteiger partial charge in [0.2, 0.25) is 0 Å². The minimum atomic E-state index is -0.197. The molecule has 1 atom stereocenters. The summed E-state index contributed by atoms with van der Waals surface area (Å²) in [4.78, 5) is 0. The van der Waals surface area contributed by atoms with E-state index in [9.17, 15) is 4.39 Å². The SMILES string of the molecule is CCCNC(Cc1c(F)cccc1Cl)C1=CCCCC1. The smallest absolute Gasteiger partial charge is 0.127 e. The van der Waals surface area contributed by atoms with Gasteiger partial charge in [0.15, 0.2) is 0 Å². The number of allylic oxidation sites excluding steroid dienone is 1. The van der Waals surface area contributed by atoms with Crippen LogP contribution in [0.15, 0.2) is 29.8 Å². The zero-order chi connectivity index (χ0) is 14.4. The minimum Gasteiger partial charge on any atom is -0.310 e. The molecule has 110 valence electrons. The Morgan fingerprint density at radius 3 is 2.85 bits per heavy atom. The fourth-order valence-corrected chi connectivity index (χ4v) is 3.00.